The van der Waals surface area contributed by atoms with E-state index in [4.69, 9.17) is 0 Å². The van der Waals surface area contributed by atoms with Crippen molar-refractivity contribution >= 4 is 27.6 Å². The summed E-state index contributed by atoms with van der Waals surface area (Å²) in [4.78, 5) is 4.18. The van der Waals surface area contributed by atoms with Gasteiger partial charge in [-0.2, -0.15) is 11.8 Å². The molecule has 5 nitrogen and oxygen atoms in total. The number of nitrogens with zero attached hydrogens (tertiary/aromatic N) is 1. The van der Waals surface area contributed by atoms with E-state index in [2.05, 4.69) is 21.9 Å². The van der Waals surface area contributed by atoms with Gasteiger partial charge in [0.2, 0.25) is 10.0 Å². The maximum Gasteiger partial charge on any atom is 0.242 e. The van der Waals surface area contributed by atoms with E-state index in [9.17, 15) is 8.42 Å². The van der Waals surface area contributed by atoms with Crippen molar-refractivity contribution in [3.63, 3.8) is 0 Å². The largest absolute Gasteiger partial charge is 0.373 e. The van der Waals surface area contributed by atoms with Crippen LogP contribution in [0.4, 0.5) is 5.82 Å². The summed E-state index contributed by atoms with van der Waals surface area (Å²) in [5.41, 5.74) is 0. The molecular formula is C11H19N3O2S2. The molecule has 18 heavy (non-hydrogen) atoms. The van der Waals surface area contributed by atoms with Gasteiger partial charge in [0.1, 0.15) is 10.7 Å². The van der Waals surface area contributed by atoms with Crippen LogP contribution in [0.25, 0.3) is 0 Å². The molecule has 2 N–H and O–H groups in total. The topological polar surface area (TPSA) is 71.1 Å². The molecule has 0 aliphatic rings. The number of aromatic nitrogens is 1. The van der Waals surface area contributed by atoms with Gasteiger partial charge in [-0.15, -0.1) is 0 Å². The lowest BCUT2D eigenvalue weighted by atomic mass is 10.3. The Balaban J connectivity index is 2.62. The first kappa shape index (κ1) is 15.3. The Morgan fingerprint density at radius 1 is 1.44 bits per heavy atom. The van der Waals surface area contributed by atoms with Gasteiger partial charge in [-0.05, 0) is 24.8 Å². The van der Waals surface area contributed by atoms with E-state index in [-0.39, 0.29) is 4.90 Å². The number of anilines is 1. The Morgan fingerprint density at radius 2 is 2.17 bits per heavy atom. The molecular weight excluding hydrogens is 270 g/mol. The number of rotatable bonds is 7. The third-order valence-corrected chi connectivity index (χ3v) is 5.03. The molecule has 0 saturated carbocycles. The maximum absolute atomic E-state index is 11.9. The van der Waals surface area contributed by atoms with Crippen LogP contribution in [0.5, 0.6) is 0 Å². The van der Waals surface area contributed by atoms with Crippen LogP contribution < -0.4 is 10.0 Å². The monoisotopic (exact) mass is 289 g/mol. The van der Waals surface area contributed by atoms with Crippen LogP contribution in [-0.2, 0) is 10.0 Å². The summed E-state index contributed by atoms with van der Waals surface area (Å²) in [6, 6.07) is 3.18. The predicted octanol–water partition coefficient (Wildman–Crippen LogP) is 1.54. The lowest BCUT2D eigenvalue weighted by Crippen LogP contribution is -2.26. The highest BCUT2D eigenvalue weighted by molar-refractivity contribution is 7.99. The molecule has 0 aliphatic carbocycles. The van der Waals surface area contributed by atoms with Crippen molar-refractivity contribution in [1.82, 2.24) is 9.71 Å². The summed E-state index contributed by atoms with van der Waals surface area (Å²) in [6.45, 7) is 2.51. The fraction of sp³-hybridized carbons (Fsp3) is 0.545. The first-order valence-corrected chi connectivity index (χ1v) is 8.43. The van der Waals surface area contributed by atoms with Crippen LogP contribution >= 0.6 is 11.8 Å². The Hall–Kier alpha value is -0.790. The van der Waals surface area contributed by atoms with Crippen molar-refractivity contribution in [3.05, 3.63) is 18.3 Å². The van der Waals surface area contributed by atoms with Gasteiger partial charge in [-0.1, -0.05) is 6.92 Å². The van der Waals surface area contributed by atoms with Crippen molar-refractivity contribution in [1.29, 1.82) is 0 Å². The lowest BCUT2D eigenvalue weighted by Gasteiger charge is -2.10. The fourth-order valence-corrected chi connectivity index (χ4v) is 2.63. The number of pyridine rings is 1. The summed E-state index contributed by atoms with van der Waals surface area (Å²) >= 11 is 1.72. The maximum atomic E-state index is 11.9. The van der Waals surface area contributed by atoms with Gasteiger partial charge in [0.05, 0.1) is 0 Å². The molecule has 0 aromatic carbocycles. The molecule has 0 aliphatic heterocycles. The number of sulfonamides is 1. The van der Waals surface area contributed by atoms with Crippen molar-refractivity contribution in [2.24, 2.45) is 0 Å². The normalized spacial score (nSPS) is 13.3. The molecule has 1 aromatic rings. The molecule has 1 aromatic heterocycles. The molecule has 0 fully saturated rings. The second-order valence-electron chi connectivity index (χ2n) is 3.86. The van der Waals surface area contributed by atoms with E-state index in [0.29, 0.717) is 17.6 Å². The highest BCUT2D eigenvalue weighted by Gasteiger charge is 2.14. The smallest absolute Gasteiger partial charge is 0.242 e. The number of hydrogen-bond donors (Lipinski definition) is 2. The number of hydrogen-bond acceptors (Lipinski definition) is 5. The van der Waals surface area contributed by atoms with Gasteiger partial charge < -0.3 is 5.32 Å². The molecule has 7 heteroatoms. The average Bonchev–Trinajstić information content (AvgIpc) is 2.38. The van der Waals surface area contributed by atoms with Gasteiger partial charge in [-0.25, -0.2) is 18.1 Å². The quantitative estimate of drug-likeness (QED) is 0.797. The van der Waals surface area contributed by atoms with E-state index in [0.717, 1.165) is 6.42 Å². The summed E-state index contributed by atoms with van der Waals surface area (Å²) in [5, 5.41) is 3.28. The van der Waals surface area contributed by atoms with Gasteiger partial charge in [0, 0.05) is 25.0 Å². The summed E-state index contributed by atoms with van der Waals surface area (Å²) in [6.07, 6.45) is 4.17. The van der Waals surface area contributed by atoms with Gasteiger partial charge >= 0.3 is 0 Å². The molecule has 1 unspecified atom stereocenters. The molecule has 1 atom stereocenters. The highest BCUT2D eigenvalue weighted by atomic mass is 32.2. The first-order valence-electron chi connectivity index (χ1n) is 5.66. The fourth-order valence-electron chi connectivity index (χ4n) is 1.28. The molecule has 1 heterocycles. The standard InChI is InChI=1S/C11H19N3O2S2/c1-9(17-3)6-7-14-18(15,16)10-4-5-11(12-2)13-8-10/h4-5,8-9,14H,6-7H2,1-3H3,(H,12,13). The van der Waals surface area contributed by atoms with Crippen molar-refractivity contribution in [3.8, 4) is 0 Å². The Bertz CT molecular complexity index is 460. The summed E-state index contributed by atoms with van der Waals surface area (Å²) in [5.74, 6) is 0.643. The zero-order valence-electron chi connectivity index (χ0n) is 10.8. The number of thioether (sulfide) groups is 1. The molecule has 0 amide bonds. The second-order valence-corrected chi connectivity index (χ2v) is 6.91. The molecule has 1 rings (SSSR count). The van der Waals surface area contributed by atoms with Gasteiger partial charge in [0.15, 0.2) is 0 Å². The van der Waals surface area contributed by atoms with Crippen LogP contribution in [0.15, 0.2) is 23.2 Å². The van der Waals surface area contributed by atoms with Gasteiger partial charge in [0.25, 0.3) is 0 Å². The van der Waals surface area contributed by atoms with E-state index in [1.807, 2.05) is 6.26 Å². The minimum atomic E-state index is -3.44. The third kappa shape index (κ3) is 4.47. The Labute approximate surface area is 113 Å². The van der Waals surface area contributed by atoms with E-state index >= 15 is 0 Å². The lowest BCUT2D eigenvalue weighted by molar-refractivity contribution is 0.578. The Morgan fingerprint density at radius 3 is 2.67 bits per heavy atom. The summed E-state index contributed by atoms with van der Waals surface area (Å²) in [7, 11) is -1.70. The Kier molecular flexibility index (Phi) is 5.90. The predicted molar refractivity (Wildman–Crippen MR) is 76.6 cm³/mol. The molecule has 102 valence electrons. The van der Waals surface area contributed by atoms with E-state index in [1.54, 1.807) is 30.9 Å². The van der Waals surface area contributed by atoms with Crippen LogP contribution in [0.2, 0.25) is 0 Å². The van der Waals surface area contributed by atoms with Crippen LogP contribution in [0.3, 0.4) is 0 Å². The molecule has 0 bridgehead atoms. The van der Waals surface area contributed by atoms with Crippen molar-refractivity contribution < 1.29 is 8.42 Å². The second kappa shape index (κ2) is 6.96. The molecule has 0 saturated heterocycles. The van der Waals surface area contributed by atoms with E-state index in [1.165, 1.54) is 6.20 Å². The first-order chi connectivity index (χ1) is 8.49. The van der Waals surface area contributed by atoms with Crippen LogP contribution in [0, 0.1) is 0 Å². The van der Waals surface area contributed by atoms with Crippen molar-refractivity contribution in [2.45, 2.75) is 23.5 Å². The minimum absolute atomic E-state index is 0.193. The molecule has 0 radical (unpaired) electrons. The summed E-state index contributed by atoms with van der Waals surface area (Å²) < 4.78 is 26.4. The van der Waals surface area contributed by atoms with E-state index < -0.39 is 10.0 Å². The average molecular weight is 289 g/mol. The van der Waals surface area contributed by atoms with Crippen LogP contribution in [-0.4, -0.2) is 38.5 Å². The SMILES string of the molecule is CNc1ccc(S(=O)(=O)NCCC(C)SC)cn1. The zero-order chi connectivity index (χ0) is 13.6. The minimum Gasteiger partial charge on any atom is -0.373 e. The molecule has 0 spiro atoms. The van der Waals surface area contributed by atoms with Gasteiger partial charge in [-0.3, -0.25) is 0 Å². The third-order valence-electron chi connectivity index (χ3n) is 2.55. The van der Waals surface area contributed by atoms with Crippen LogP contribution in [0.1, 0.15) is 13.3 Å². The highest BCUT2D eigenvalue weighted by Crippen LogP contribution is 2.12. The zero-order valence-corrected chi connectivity index (χ0v) is 12.4. The number of nitrogens with one attached hydrogen (secondary N) is 2. The van der Waals surface area contributed by atoms with Crippen molar-refractivity contribution in [2.75, 3.05) is 25.2 Å².